The Morgan fingerprint density at radius 1 is 1.11 bits per heavy atom. The van der Waals surface area contributed by atoms with Crippen LogP contribution in [0.3, 0.4) is 0 Å². The van der Waals surface area contributed by atoms with E-state index in [1.54, 1.807) is 17.0 Å². The fourth-order valence-electron chi connectivity index (χ4n) is 1.75. The Bertz CT molecular complexity index is 484. The summed E-state index contributed by atoms with van der Waals surface area (Å²) in [7, 11) is 0. The molecule has 0 aliphatic heterocycles. The molecule has 0 fully saturated rings. The predicted octanol–water partition coefficient (Wildman–Crippen LogP) is 0.264. The summed E-state index contributed by atoms with van der Waals surface area (Å²) in [6.45, 7) is -0.275. The van der Waals surface area contributed by atoms with E-state index < -0.39 is 18.8 Å². The molecule has 96 valence electrons. The van der Waals surface area contributed by atoms with Gasteiger partial charge in [0, 0.05) is 18.0 Å². The number of hydrogen-bond donors (Lipinski definition) is 3. The average Bonchev–Trinajstić information content (AvgIpc) is 2.86. The summed E-state index contributed by atoms with van der Waals surface area (Å²) in [5.41, 5.74) is 0.938. The number of nitrogens with zero attached hydrogens (tertiary/aromatic N) is 2. The zero-order valence-corrected chi connectivity index (χ0v) is 9.85. The second-order valence-corrected chi connectivity index (χ2v) is 4.09. The quantitative estimate of drug-likeness (QED) is 0.709. The second kappa shape index (κ2) is 5.77. The van der Waals surface area contributed by atoms with Crippen molar-refractivity contribution in [1.29, 1.82) is 0 Å². The topological polar surface area (TPSA) is 78.5 Å². The van der Waals surface area contributed by atoms with E-state index in [1.165, 1.54) is 0 Å². The van der Waals surface area contributed by atoms with Gasteiger partial charge in [0.25, 0.3) is 0 Å². The van der Waals surface area contributed by atoms with Crippen molar-refractivity contribution < 1.29 is 15.3 Å². The number of benzene rings is 1. The molecule has 0 saturated carbocycles. The lowest BCUT2D eigenvalue weighted by Crippen LogP contribution is -2.33. The van der Waals surface area contributed by atoms with E-state index >= 15 is 0 Å². The number of aliphatic hydroxyl groups is 3. The molecule has 2 aromatic rings. The first-order valence-electron chi connectivity index (χ1n) is 5.76. The van der Waals surface area contributed by atoms with E-state index in [0.717, 1.165) is 11.4 Å². The van der Waals surface area contributed by atoms with Crippen LogP contribution in [0.4, 0.5) is 0 Å². The molecule has 0 aliphatic rings. The van der Waals surface area contributed by atoms with Crippen molar-refractivity contribution in [2.24, 2.45) is 0 Å². The van der Waals surface area contributed by atoms with Gasteiger partial charge in [-0.3, -0.25) is 0 Å². The lowest BCUT2D eigenvalue weighted by molar-refractivity contribution is -0.0213. The van der Waals surface area contributed by atoms with Crippen LogP contribution in [-0.4, -0.2) is 43.7 Å². The molecule has 1 aromatic heterocycles. The zero-order chi connectivity index (χ0) is 13.0. The third-order valence-corrected chi connectivity index (χ3v) is 2.76. The minimum atomic E-state index is -1.14. The summed E-state index contributed by atoms with van der Waals surface area (Å²) in [6.07, 6.45) is 1.21. The lowest BCUT2D eigenvalue weighted by Gasteiger charge is -2.17. The Morgan fingerprint density at radius 3 is 2.50 bits per heavy atom. The molecule has 5 nitrogen and oxygen atoms in total. The molecular formula is C13H16N2O3. The molecule has 1 heterocycles. The first-order chi connectivity index (χ1) is 8.72. The first kappa shape index (κ1) is 12.8. The number of hydrogen-bond acceptors (Lipinski definition) is 4. The SMILES string of the molecule is OCC(O)C(O)Cn1ccnc1-c1ccccc1. The highest BCUT2D eigenvalue weighted by molar-refractivity contribution is 5.55. The van der Waals surface area contributed by atoms with Crippen LogP contribution in [0.1, 0.15) is 0 Å². The summed E-state index contributed by atoms with van der Waals surface area (Å²) >= 11 is 0. The molecule has 0 amide bonds. The van der Waals surface area contributed by atoms with Crippen LogP contribution in [0.5, 0.6) is 0 Å². The summed E-state index contributed by atoms with van der Waals surface area (Å²) in [5.74, 6) is 0.722. The van der Waals surface area contributed by atoms with Gasteiger partial charge in [0.05, 0.1) is 13.2 Å². The van der Waals surface area contributed by atoms with E-state index in [-0.39, 0.29) is 6.54 Å². The predicted molar refractivity (Wildman–Crippen MR) is 66.8 cm³/mol. The Morgan fingerprint density at radius 2 is 1.83 bits per heavy atom. The maximum atomic E-state index is 9.70. The molecule has 2 unspecified atom stereocenters. The van der Waals surface area contributed by atoms with Crippen molar-refractivity contribution in [2.45, 2.75) is 18.8 Å². The van der Waals surface area contributed by atoms with Crippen LogP contribution in [0.2, 0.25) is 0 Å². The van der Waals surface area contributed by atoms with Crippen LogP contribution < -0.4 is 0 Å². The minimum absolute atomic E-state index is 0.186. The molecule has 18 heavy (non-hydrogen) atoms. The molecule has 0 saturated heterocycles. The van der Waals surface area contributed by atoms with Gasteiger partial charge in [-0.05, 0) is 0 Å². The molecule has 3 N–H and O–H groups in total. The summed E-state index contributed by atoms with van der Waals surface area (Å²) in [4.78, 5) is 4.23. The normalized spacial score (nSPS) is 14.4. The summed E-state index contributed by atoms with van der Waals surface area (Å²) in [6, 6.07) is 9.59. The van der Waals surface area contributed by atoms with Gasteiger partial charge >= 0.3 is 0 Å². The lowest BCUT2D eigenvalue weighted by atomic mass is 10.2. The van der Waals surface area contributed by atoms with Gasteiger partial charge in [-0.2, -0.15) is 0 Å². The van der Waals surface area contributed by atoms with Crippen molar-refractivity contribution in [3.05, 3.63) is 42.7 Å². The van der Waals surface area contributed by atoms with Crippen LogP contribution in [0.25, 0.3) is 11.4 Å². The van der Waals surface area contributed by atoms with E-state index in [1.807, 2.05) is 30.3 Å². The highest BCUT2D eigenvalue weighted by atomic mass is 16.4. The monoisotopic (exact) mass is 248 g/mol. The Balaban J connectivity index is 2.19. The van der Waals surface area contributed by atoms with Gasteiger partial charge < -0.3 is 19.9 Å². The van der Waals surface area contributed by atoms with Gasteiger partial charge in [-0.1, -0.05) is 30.3 Å². The molecular weight excluding hydrogens is 232 g/mol. The van der Waals surface area contributed by atoms with Crippen molar-refractivity contribution in [1.82, 2.24) is 9.55 Å². The van der Waals surface area contributed by atoms with Crippen molar-refractivity contribution in [3.8, 4) is 11.4 Å². The fraction of sp³-hybridized carbons (Fsp3) is 0.308. The molecule has 0 aliphatic carbocycles. The highest BCUT2D eigenvalue weighted by Gasteiger charge is 2.17. The van der Waals surface area contributed by atoms with E-state index in [0.29, 0.717) is 0 Å². The van der Waals surface area contributed by atoms with Gasteiger partial charge in [0.15, 0.2) is 0 Å². The molecule has 1 aromatic carbocycles. The first-order valence-corrected chi connectivity index (χ1v) is 5.76. The molecule has 2 rings (SSSR count). The van der Waals surface area contributed by atoms with Crippen molar-refractivity contribution in [3.63, 3.8) is 0 Å². The second-order valence-electron chi connectivity index (χ2n) is 4.09. The summed E-state index contributed by atoms with van der Waals surface area (Å²) in [5, 5.41) is 27.8. The maximum absolute atomic E-state index is 9.70. The zero-order valence-electron chi connectivity index (χ0n) is 9.85. The van der Waals surface area contributed by atoms with E-state index in [4.69, 9.17) is 5.11 Å². The summed E-state index contributed by atoms with van der Waals surface area (Å²) < 4.78 is 1.75. The van der Waals surface area contributed by atoms with Gasteiger partial charge in [0.1, 0.15) is 18.0 Å². The van der Waals surface area contributed by atoms with Crippen molar-refractivity contribution in [2.75, 3.05) is 6.61 Å². The molecule has 0 radical (unpaired) electrons. The van der Waals surface area contributed by atoms with Crippen molar-refractivity contribution >= 4 is 0 Å². The fourth-order valence-corrected chi connectivity index (χ4v) is 1.75. The number of rotatable bonds is 5. The maximum Gasteiger partial charge on any atom is 0.139 e. The van der Waals surface area contributed by atoms with Crippen LogP contribution in [0, 0.1) is 0 Å². The third-order valence-electron chi connectivity index (χ3n) is 2.76. The third kappa shape index (κ3) is 2.76. The smallest absolute Gasteiger partial charge is 0.139 e. The number of aromatic nitrogens is 2. The van der Waals surface area contributed by atoms with Crippen LogP contribution >= 0.6 is 0 Å². The Labute approximate surface area is 105 Å². The molecule has 0 spiro atoms. The van der Waals surface area contributed by atoms with Crippen LogP contribution in [-0.2, 0) is 6.54 Å². The van der Waals surface area contributed by atoms with Gasteiger partial charge in [0.2, 0.25) is 0 Å². The Hall–Kier alpha value is -1.69. The van der Waals surface area contributed by atoms with Gasteiger partial charge in [-0.15, -0.1) is 0 Å². The van der Waals surface area contributed by atoms with E-state index in [9.17, 15) is 10.2 Å². The van der Waals surface area contributed by atoms with Gasteiger partial charge in [-0.25, -0.2) is 4.98 Å². The standard InChI is InChI=1S/C13H16N2O3/c16-9-12(18)11(17)8-15-7-6-14-13(15)10-4-2-1-3-5-10/h1-7,11-12,16-18H,8-9H2. The Kier molecular flexibility index (Phi) is 4.09. The molecule has 2 atom stereocenters. The number of aliphatic hydroxyl groups excluding tert-OH is 3. The highest BCUT2D eigenvalue weighted by Crippen LogP contribution is 2.17. The molecule has 0 bridgehead atoms. The molecule has 5 heteroatoms. The number of imidazole rings is 1. The minimum Gasteiger partial charge on any atom is -0.394 e. The average molecular weight is 248 g/mol. The van der Waals surface area contributed by atoms with E-state index in [2.05, 4.69) is 4.98 Å². The largest absolute Gasteiger partial charge is 0.394 e. The van der Waals surface area contributed by atoms with Crippen LogP contribution in [0.15, 0.2) is 42.7 Å².